The van der Waals surface area contributed by atoms with E-state index in [9.17, 15) is 22.4 Å². The van der Waals surface area contributed by atoms with Gasteiger partial charge in [-0.1, -0.05) is 72.3 Å². The monoisotopic (exact) mass is 539 g/mol. The van der Waals surface area contributed by atoms with Crippen molar-refractivity contribution in [2.75, 3.05) is 24.2 Å². The van der Waals surface area contributed by atoms with Gasteiger partial charge in [-0.3, -0.25) is 13.9 Å². The SMILES string of the molecule is CNC(=O)[C@@H](Cc1ccccc1)N(Cc1cccc(C)c1)C(=O)CCCN(c1ccccc1F)S(C)(=O)=O. The molecule has 1 N–H and O–H groups in total. The van der Waals surface area contributed by atoms with E-state index < -0.39 is 21.9 Å². The second-order valence-corrected chi connectivity index (χ2v) is 11.1. The Labute approximate surface area is 224 Å². The van der Waals surface area contributed by atoms with Gasteiger partial charge in [0.1, 0.15) is 11.9 Å². The third-order valence-corrected chi connectivity index (χ3v) is 7.41. The van der Waals surface area contributed by atoms with E-state index in [2.05, 4.69) is 5.32 Å². The van der Waals surface area contributed by atoms with Crippen molar-refractivity contribution in [3.63, 3.8) is 0 Å². The number of para-hydroxylation sites is 1. The summed E-state index contributed by atoms with van der Waals surface area (Å²) in [6.07, 6.45) is 1.46. The molecule has 0 spiro atoms. The highest BCUT2D eigenvalue weighted by Crippen LogP contribution is 2.23. The number of rotatable bonds is 12. The fourth-order valence-corrected chi connectivity index (χ4v) is 5.33. The predicted molar refractivity (Wildman–Crippen MR) is 148 cm³/mol. The Morgan fingerprint density at radius 3 is 2.24 bits per heavy atom. The van der Waals surface area contributed by atoms with Gasteiger partial charge in [0.25, 0.3) is 0 Å². The zero-order chi connectivity index (χ0) is 27.7. The van der Waals surface area contributed by atoms with Crippen molar-refractivity contribution in [3.05, 3.63) is 101 Å². The molecule has 0 heterocycles. The number of aryl methyl sites for hydroxylation is 1. The third kappa shape index (κ3) is 7.89. The molecule has 0 fully saturated rings. The Bertz CT molecular complexity index is 1350. The number of sulfonamides is 1. The predicted octanol–water partition coefficient (Wildman–Crippen LogP) is 4.07. The number of hydrogen-bond donors (Lipinski definition) is 1. The normalized spacial score (nSPS) is 12.0. The summed E-state index contributed by atoms with van der Waals surface area (Å²) in [6, 6.07) is 22.0. The summed E-state index contributed by atoms with van der Waals surface area (Å²) in [5.41, 5.74) is 2.75. The van der Waals surface area contributed by atoms with Crippen molar-refractivity contribution >= 4 is 27.5 Å². The minimum Gasteiger partial charge on any atom is -0.357 e. The summed E-state index contributed by atoms with van der Waals surface area (Å²) in [6.45, 7) is 2.10. The van der Waals surface area contributed by atoms with Crippen molar-refractivity contribution in [3.8, 4) is 0 Å². The maximum absolute atomic E-state index is 14.4. The highest BCUT2D eigenvalue weighted by molar-refractivity contribution is 7.92. The molecular weight excluding hydrogens is 505 g/mol. The lowest BCUT2D eigenvalue weighted by Crippen LogP contribution is -2.49. The zero-order valence-electron chi connectivity index (χ0n) is 21.9. The van der Waals surface area contributed by atoms with Crippen molar-refractivity contribution in [2.45, 2.75) is 38.8 Å². The number of likely N-dealkylation sites (N-methyl/N-ethyl adjacent to an activating group) is 1. The van der Waals surface area contributed by atoms with Gasteiger partial charge in [0, 0.05) is 33.0 Å². The van der Waals surface area contributed by atoms with Crippen molar-refractivity contribution in [2.24, 2.45) is 0 Å². The summed E-state index contributed by atoms with van der Waals surface area (Å²) in [5, 5.41) is 2.68. The molecule has 0 aliphatic carbocycles. The molecule has 0 aliphatic rings. The third-order valence-electron chi connectivity index (χ3n) is 6.23. The molecule has 2 amide bonds. The molecule has 0 unspecified atom stereocenters. The van der Waals surface area contributed by atoms with E-state index in [1.54, 1.807) is 11.0 Å². The summed E-state index contributed by atoms with van der Waals surface area (Å²) >= 11 is 0. The standard InChI is InChI=1S/C29H34FN3O4S/c1-22-11-9-14-24(19-22)21-32(27(29(35)31-2)20-23-12-5-4-6-13-23)28(34)17-10-18-33(38(3,36)37)26-16-8-7-15-25(26)30/h4-9,11-16,19,27H,10,17-18,20-21H2,1-3H3,(H,31,35)/t27-/m1/s1. The first-order chi connectivity index (χ1) is 18.1. The molecule has 3 rings (SSSR count). The Kier molecular flexibility index (Phi) is 10.0. The quantitative estimate of drug-likeness (QED) is 0.376. The maximum atomic E-state index is 14.4. The minimum atomic E-state index is -3.78. The van der Waals surface area contributed by atoms with Gasteiger partial charge < -0.3 is 10.2 Å². The van der Waals surface area contributed by atoms with Gasteiger partial charge >= 0.3 is 0 Å². The average Bonchev–Trinajstić information content (AvgIpc) is 2.88. The smallest absolute Gasteiger partial charge is 0.242 e. The van der Waals surface area contributed by atoms with Gasteiger partial charge in [-0.05, 0) is 36.6 Å². The summed E-state index contributed by atoms with van der Waals surface area (Å²) in [7, 11) is -2.25. The van der Waals surface area contributed by atoms with Crippen LogP contribution in [0.3, 0.4) is 0 Å². The molecule has 1 atom stereocenters. The Balaban J connectivity index is 1.85. The number of anilines is 1. The molecule has 9 heteroatoms. The van der Waals surface area contributed by atoms with Gasteiger partial charge in [-0.2, -0.15) is 0 Å². The molecule has 0 saturated carbocycles. The summed E-state index contributed by atoms with van der Waals surface area (Å²) < 4.78 is 40.2. The zero-order valence-corrected chi connectivity index (χ0v) is 22.7. The molecule has 0 saturated heterocycles. The minimum absolute atomic E-state index is 0.0193. The summed E-state index contributed by atoms with van der Waals surface area (Å²) in [4.78, 5) is 28.2. The molecular formula is C29H34FN3O4S. The van der Waals surface area contributed by atoms with Crippen LogP contribution >= 0.6 is 0 Å². The van der Waals surface area contributed by atoms with E-state index in [-0.39, 0.29) is 43.4 Å². The Morgan fingerprint density at radius 1 is 0.947 bits per heavy atom. The molecule has 7 nitrogen and oxygen atoms in total. The topological polar surface area (TPSA) is 86.8 Å². The van der Waals surface area contributed by atoms with Crippen LogP contribution in [0, 0.1) is 12.7 Å². The van der Waals surface area contributed by atoms with Crippen LogP contribution in [0.2, 0.25) is 0 Å². The number of carbonyl (C=O) groups is 2. The maximum Gasteiger partial charge on any atom is 0.242 e. The number of nitrogens with zero attached hydrogens (tertiary/aromatic N) is 2. The van der Waals surface area contributed by atoms with E-state index in [0.717, 1.165) is 27.3 Å². The Hall–Kier alpha value is -3.72. The van der Waals surface area contributed by atoms with E-state index in [4.69, 9.17) is 0 Å². The molecule has 3 aromatic rings. The van der Waals surface area contributed by atoms with E-state index in [1.807, 2.05) is 61.5 Å². The Morgan fingerprint density at radius 2 is 1.61 bits per heavy atom. The number of hydrogen-bond acceptors (Lipinski definition) is 4. The molecule has 38 heavy (non-hydrogen) atoms. The van der Waals surface area contributed by atoms with Crippen LogP contribution in [-0.4, -0.2) is 51.0 Å². The van der Waals surface area contributed by atoms with Gasteiger partial charge in [0.2, 0.25) is 21.8 Å². The van der Waals surface area contributed by atoms with Crippen LogP contribution < -0.4 is 9.62 Å². The van der Waals surface area contributed by atoms with Gasteiger partial charge in [0.15, 0.2) is 0 Å². The van der Waals surface area contributed by atoms with E-state index in [1.165, 1.54) is 25.2 Å². The van der Waals surface area contributed by atoms with Crippen LogP contribution in [-0.2, 0) is 32.6 Å². The van der Waals surface area contributed by atoms with E-state index in [0.29, 0.717) is 6.42 Å². The lowest BCUT2D eigenvalue weighted by Gasteiger charge is -2.31. The van der Waals surface area contributed by atoms with Crippen LogP contribution in [0.5, 0.6) is 0 Å². The lowest BCUT2D eigenvalue weighted by atomic mass is 10.0. The highest BCUT2D eigenvalue weighted by Gasteiger charge is 2.30. The number of nitrogens with one attached hydrogen (secondary N) is 1. The first-order valence-corrected chi connectivity index (χ1v) is 14.3. The molecule has 0 aliphatic heterocycles. The number of benzene rings is 3. The van der Waals surface area contributed by atoms with Crippen molar-refractivity contribution < 1.29 is 22.4 Å². The first-order valence-electron chi connectivity index (χ1n) is 12.4. The molecule has 0 bridgehead atoms. The molecule has 0 radical (unpaired) electrons. The van der Waals surface area contributed by atoms with Crippen LogP contribution in [0.1, 0.15) is 29.5 Å². The fourth-order valence-electron chi connectivity index (χ4n) is 4.36. The van der Waals surface area contributed by atoms with Gasteiger partial charge in [0.05, 0.1) is 11.9 Å². The van der Waals surface area contributed by atoms with Crippen LogP contribution in [0.25, 0.3) is 0 Å². The average molecular weight is 540 g/mol. The van der Waals surface area contributed by atoms with Crippen molar-refractivity contribution in [1.29, 1.82) is 0 Å². The van der Waals surface area contributed by atoms with Gasteiger partial charge in [-0.15, -0.1) is 0 Å². The molecule has 3 aromatic carbocycles. The molecule has 0 aromatic heterocycles. The lowest BCUT2D eigenvalue weighted by molar-refractivity contribution is -0.141. The van der Waals surface area contributed by atoms with Crippen LogP contribution in [0.15, 0.2) is 78.9 Å². The number of carbonyl (C=O) groups excluding carboxylic acids is 2. The second kappa shape index (κ2) is 13.2. The first kappa shape index (κ1) is 28.8. The number of halogens is 1. The van der Waals surface area contributed by atoms with Crippen molar-refractivity contribution in [1.82, 2.24) is 10.2 Å². The highest BCUT2D eigenvalue weighted by atomic mass is 32.2. The molecule has 202 valence electrons. The number of amides is 2. The fraction of sp³-hybridized carbons (Fsp3) is 0.310. The van der Waals surface area contributed by atoms with E-state index >= 15 is 0 Å². The second-order valence-electron chi connectivity index (χ2n) is 9.22. The van der Waals surface area contributed by atoms with Crippen LogP contribution in [0.4, 0.5) is 10.1 Å². The van der Waals surface area contributed by atoms with Gasteiger partial charge in [-0.25, -0.2) is 12.8 Å². The summed E-state index contributed by atoms with van der Waals surface area (Å²) in [5.74, 6) is -1.25. The largest absolute Gasteiger partial charge is 0.357 e.